The van der Waals surface area contributed by atoms with Crippen molar-refractivity contribution in [2.75, 3.05) is 0 Å². The highest BCUT2D eigenvalue weighted by atomic mass is 16.5. The first kappa shape index (κ1) is 9.79. The highest BCUT2D eigenvalue weighted by Gasteiger charge is 2.13. The van der Waals surface area contributed by atoms with Gasteiger partial charge in [0.05, 0.1) is 0 Å². The van der Waals surface area contributed by atoms with E-state index >= 15 is 0 Å². The summed E-state index contributed by atoms with van der Waals surface area (Å²) in [7, 11) is 0. The molecule has 1 N–H and O–H groups in total. The standard InChI is InChI=1S/C10H11N3O2/c1-6-3-4-11-8(5-6)9-12-10(7(2)14)15-13-9/h3-5,7,14H,1-2H3/t7-/m0/s1. The van der Waals surface area contributed by atoms with Crippen LogP contribution in [0.5, 0.6) is 0 Å². The summed E-state index contributed by atoms with van der Waals surface area (Å²) in [6, 6.07) is 3.75. The molecule has 2 heterocycles. The molecular weight excluding hydrogens is 194 g/mol. The zero-order chi connectivity index (χ0) is 10.8. The summed E-state index contributed by atoms with van der Waals surface area (Å²) in [6.45, 7) is 3.53. The average molecular weight is 205 g/mol. The minimum absolute atomic E-state index is 0.202. The van der Waals surface area contributed by atoms with Crippen molar-refractivity contribution >= 4 is 0 Å². The van der Waals surface area contributed by atoms with Gasteiger partial charge in [-0.15, -0.1) is 0 Å². The zero-order valence-corrected chi connectivity index (χ0v) is 8.51. The molecule has 2 aromatic heterocycles. The van der Waals surface area contributed by atoms with Crippen molar-refractivity contribution in [1.29, 1.82) is 0 Å². The van der Waals surface area contributed by atoms with Crippen LogP contribution in [0, 0.1) is 6.92 Å². The van der Waals surface area contributed by atoms with Crippen LogP contribution in [-0.2, 0) is 0 Å². The largest absolute Gasteiger partial charge is 0.384 e. The Morgan fingerprint density at radius 1 is 1.47 bits per heavy atom. The van der Waals surface area contributed by atoms with E-state index in [1.807, 2.05) is 19.1 Å². The van der Waals surface area contributed by atoms with Crippen LogP contribution in [0.1, 0.15) is 24.5 Å². The molecule has 0 aliphatic carbocycles. The van der Waals surface area contributed by atoms with Gasteiger partial charge >= 0.3 is 0 Å². The van der Waals surface area contributed by atoms with Crippen molar-refractivity contribution in [3.8, 4) is 11.5 Å². The van der Waals surface area contributed by atoms with Gasteiger partial charge in [-0.05, 0) is 31.5 Å². The average Bonchev–Trinajstić information content (AvgIpc) is 2.66. The summed E-state index contributed by atoms with van der Waals surface area (Å²) in [5, 5.41) is 13.0. The maximum atomic E-state index is 9.22. The lowest BCUT2D eigenvalue weighted by Gasteiger charge is -1.94. The van der Waals surface area contributed by atoms with Crippen molar-refractivity contribution in [2.45, 2.75) is 20.0 Å². The Morgan fingerprint density at radius 2 is 2.27 bits per heavy atom. The van der Waals surface area contributed by atoms with Gasteiger partial charge in [0.1, 0.15) is 11.8 Å². The molecule has 0 saturated heterocycles. The third-order valence-corrected chi connectivity index (χ3v) is 1.94. The van der Waals surface area contributed by atoms with E-state index in [4.69, 9.17) is 4.52 Å². The van der Waals surface area contributed by atoms with E-state index in [1.165, 1.54) is 0 Å². The summed E-state index contributed by atoms with van der Waals surface area (Å²) in [4.78, 5) is 8.15. The first-order valence-electron chi connectivity index (χ1n) is 4.61. The van der Waals surface area contributed by atoms with E-state index in [0.29, 0.717) is 11.5 Å². The van der Waals surface area contributed by atoms with Gasteiger partial charge in [-0.25, -0.2) is 0 Å². The number of aryl methyl sites for hydroxylation is 1. The van der Waals surface area contributed by atoms with Gasteiger partial charge in [0.15, 0.2) is 0 Å². The first-order chi connectivity index (χ1) is 7.16. The minimum atomic E-state index is -0.754. The number of hydrogen-bond donors (Lipinski definition) is 1. The maximum absolute atomic E-state index is 9.22. The molecular formula is C10H11N3O2. The molecule has 0 aliphatic rings. The van der Waals surface area contributed by atoms with E-state index in [-0.39, 0.29) is 5.89 Å². The monoisotopic (exact) mass is 205 g/mol. The zero-order valence-electron chi connectivity index (χ0n) is 8.51. The van der Waals surface area contributed by atoms with Gasteiger partial charge in [-0.2, -0.15) is 4.98 Å². The number of pyridine rings is 1. The summed E-state index contributed by atoms with van der Waals surface area (Å²) in [6.07, 6.45) is 0.930. The van der Waals surface area contributed by atoms with Crippen LogP contribution in [0.4, 0.5) is 0 Å². The van der Waals surface area contributed by atoms with Crippen LogP contribution in [0.2, 0.25) is 0 Å². The van der Waals surface area contributed by atoms with Gasteiger partial charge in [-0.1, -0.05) is 5.16 Å². The quantitative estimate of drug-likeness (QED) is 0.804. The molecule has 15 heavy (non-hydrogen) atoms. The van der Waals surface area contributed by atoms with Crippen LogP contribution >= 0.6 is 0 Å². The molecule has 78 valence electrons. The van der Waals surface area contributed by atoms with Crippen LogP contribution in [0.3, 0.4) is 0 Å². The number of rotatable bonds is 2. The van der Waals surface area contributed by atoms with E-state index in [9.17, 15) is 5.11 Å². The molecule has 0 aliphatic heterocycles. The topological polar surface area (TPSA) is 72.0 Å². The third kappa shape index (κ3) is 2.02. The second kappa shape index (κ2) is 3.78. The van der Waals surface area contributed by atoms with Gasteiger partial charge < -0.3 is 9.63 Å². The second-order valence-corrected chi connectivity index (χ2v) is 3.35. The SMILES string of the molecule is Cc1ccnc(-c2noc([C@H](C)O)n2)c1. The molecule has 0 amide bonds. The summed E-state index contributed by atoms with van der Waals surface area (Å²) in [5.41, 5.74) is 1.72. The second-order valence-electron chi connectivity index (χ2n) is 3.35. The van der Waals surface area contributed by atoms with Crippen molar-refractivity contribution in [2.24, 2.45) is 0 Å². The molecule has 0 fully saturated rings. The highest BCUT2D eigenvalue weighted by Crippen LogP contribution is 2.16. The fourth-order valence-corrected chi connectivity index (χ4v) is 1.17. The smallest absolute Gasteiger partial charge is 0.255 e. The lowest BCUT2D eigenvalue weighted by molar-refractivity contribution is 0.152. The number of nitrogens with zero attached hydrogens (tertiary/aromatic N) is 3. The Balaban J connectivity index is 2.37. The summed E-state index contributed by atoms with van der Waals surface area (Å²) < 4.78 is 4.87. The van der Waals surface area contributed by atoms with Crippen LogP contribution in [0.25, 0.3) is 11.5 Å². The Bertz CT molecular complexity index is 465. The van der Waals surface area contributed by atoms with Crippen LogP contribution in [-0.4, -0.2) is 20.2 Å². The fourth-order valence-electron chi connectivity index (χ4n) is 1.17. The van der Waals surface area contributed by atoms with Crippen LogP contribution < -0.4 is 0 Å². The number of aliphatic hydroxyl groups is 1. The van der Waals surface area contributed by atoms with Gasteiger partial charge in [0.25, 0.3) is 5.89 Å². The third-order valence-electron chi connectivity index (χ3n) is 1.94. The van der Waals surface area contributed by atoms with Crippen molar-refractivity contribution in [3.05, 3.63) is 29.8 Å². The summed E-state index contributed by atoms with van der Waals surface area (Å²) >= 11 is 0. The molecule has 0 saturated carbocycles. The molecule has 0 bridgehead atoms. The number of hydrogen-bond acceptors (Lipinski definition) is 5. The molecule has 5 heteroatoms. The predicted molar refractivity (Wildman–Crippen MR) is 52.9 cm³/mol. The normalized spacial score (nSPS) is 12.7. The molecule has 2 rings (SSSR count). The Morgan fingerprint density at radius 3 is 2.87 bits per heavy atom. The number of aliphatic hydroxyl groups excluding tert-OH is 1. The lowest BCUT2D eigenvalue weighted by atomic mass is 10.2. The van der Waals surface area contributed by atoms with Gasteiger partial charge in [0.2, 0.25) is 5.82 Å². The van der Waals surface area contributed by atoms with Crippen LogP contribution in [0.15, 0.2) is 22.9 Å². The Hall–Kier alpha value is -1.75. The highest BCUT2D eigenvalue weighted by molar-refractivity contribution is 5.48. The molecule has 0 unspecified atom stereocenters. The van der Waals surface area contributed by atoms with Gasteiger partial charge in [0, 0.05) is 6.20 Å². The van der Waals surface area contributed by atoms with E-state index in [1.54, 1.807) is 13.1 Å². The lowest BCUT2D eigenvalue weighted by Crippen LogP contribution is -1.91. The predicted octanol–water partition coefficient (Wildman–Crippen LogP) is 1.49. The Labute approximate surface area is 86.8 Å². The molecule has 1 atom stereocenters. The van der Waals surface area contributed by atoms with Crippen molar-refractivity contribution in [3.63, 3.8) is 0 Å². The summed E-state index contributed by atoms with van der Waals surface area (Å²) in [5.74, 6) is 0.600. The molecule has 5 nitrogen and oxygen atoms in total. The van der Waals surface area contributed by atoms with Crippen molar-refractivity contribution in [1.82, 2.24) is 15.1 Å². The Kier molecular flexibility index (Phi) is 2.47. The minimum Gasteiger partial charge on any atom is -0.384 e. The molecule has 0 aromatic carbocycles. The van der Waals surface area contributed by atoms with E-state index in [0.717, 1.165) is 5.56 Å². The fraction of sp³-hybridized carbons (Fsp3) is 0.300. The molecule has 2 aromatic rings. The first-order valence-corrected chi connectivity index (χ1v) is 4.61. The van der Waals surface area contributed by atoms with E-state index < -0.39 is 6.10 Å². The van der Waals surface area contributed by atoms with E-state index in [2.05, 4.69) is 15.1 Å². The van der Waals surface area contributed by atoms with Gasteiger partial charge in [-0.3, -0.25) is 4.98 Å². The van der Waals surface area contributed by atoms with Crippen molar-refractivity contribution < 1.29 is 9.63 Å². The number of aromatic nitrogens is 3. The molecule has 0 spiro atoms. The maximum Gasteiger partial charge on any atom is 0.255 e. The molecule has 0 radical (unpaired) electrons.